The molecule has 1 aliphatic carbocycles. The van der Waals surface area contributed by atoms with Crippen molar-refractivity contribution < 1.29 is 9.90 Å². The summed E-state index contributed by atoms with van der Waals surface area (Å²) in [4.78, 5) is 12.3. The van der Waals surface area contributed by atoms with Crippen molar-refractivity contribution in [2.24, 2.45) is 5.92 Å². The summed E-state index contributed by atoms with van der Waals surface area (Å²) >= 11 is 0. The van der Waals surface area contributed by atoms with Crippen molar-refractivity contribution in [1.82, 2.24) is 5.32 Å². The van der Waals surface area contributed by atoms with Gasteiger partial charge >= 0.3 is 0 Å². The summed E-state index contributed by atoms with van der Waals surface area (Å²) in [5.74, 6) is 6.55. The van der Waals surface area contributed by atoms with Crippen LogP contribution >= 0.6 is 0 Å². The summed E-state index contributed by atoms with van der Waals surface area (Å²) in [7, 11) is 0. The van der Waals surface area contributed by atoms with Gasteiger partial charge in [0.15, 0.2) is 0 Å². The Morgan fingerprint density at radius 3 is 2.90 bits per heavy atom. The third kappa shape index (κ3) is 4.40. The van der Waals surface area contributed by atoms with E-state index >= 15 is 0 Å². The Balaban J connectivity index is 2.02. The molecule has 1 aliphatic rings. The number of nitrogens with one attached hydrogen (secondary N) is 1. The number of aliphatic hydroxyl groups excluding tert-OH is 1. The highest BCUT2D eigenvalue weighted by molar-refractivity contribution is 5.96. The first-order valence-corrected chi connectivity index (χ1v) is 7.20. The number of rotatable bonds is 5. The van der Waals surface area contributed by atoms with Gasteiger partial charge < -0.3 is 10.4 Å². The van der Waals surface area contributed by atoms with Crippen LogP contribution in [0.15, 0.2) is 24.3 Å². The number of carbonyl (C=O) groups is 1. The average Bonchev–Trinajstić information content (AvgIpc) is 3.23. The molecule has 20 heavy (non-hydrogen) atoms. The van der Waals surface area contributed by atoms with Gasteiger partial charge in [-0.3, -0.25) is 4.79 Å². The largest absolute Gasteiger partial charge is 0.395 e. The highest BCUT2D eigenvalue weighted by atomic mass is 16.2. The maximum absolute atomic E-state index is 12.3. The fourth-order valence-corrected chi connectivity index (χ4v) is 2.22. The zero-order valence-corrected chi connectivity index (χ0v) is 11.9. The van der Waals surface area contributed by atoms with E-state index in [1.54, 1.807) is 6.07 Å². The van der Waals surface area contributed by atoms with Crippen LogP contribution in [-0.4, -0.2) is 23.7 Å². The van der Waals surface area contributed by atoms with Crippen molar-refractivity contribution in [3.05, 3.63) is 35.4 Å². The molecule has 2 N–H and O–H groups in total. The van der Waals surface area contributed by atoms with Crippen molar-refractivity contribution in [2.75, 3.05) is 6.61 Å². The third-order valence-corrected chi connectivity index (χ3v) is 3.39. The van der Waals surface area contributed by atoms with Crippen LogP contribution in [-0.2, 0) is 0 Å². The molecule has 0 spiro atoms. The summed E-state index contributed by atoms with van der Waals surface area (Å²) in [5, 5.41) is 11.8. The first kappa shape index (κ1) is 14.6. The van der Waals surface area contributed by atoms with Gasteiger partial charge in [0, 0.05) is 18.0 Å². The van der Waals surface area contributed by atoms with Crippen molar-refractivity contribution in [1.29, 1.82) is 0 Å². The molecule has 0 aromatic heterocycles. The topological polar surface area (TPSA) is 49.3 Å². The van der Waals surface area contributed by atoms with Crippen molar-refractivity contribution >= 4 is 5.91 Å². The maximum Gasteiger partial charge on any atom is 0.252 e. The van der Waals surface area contributed by atoms with Gasteiger partial charge in [-0.25, -0.2) is 0 Å². The molecule has 0 radical (unpaired) electrons. The van der Waals surface area contributed by atoms with Crippen LogP contribution in [0.4, 0.5) is 0 Å². The number of carbonyl (C=O) groups excluding carboxylic acids is 1. The zero-order chi connectivity index (χ0) is 14.4. The van der Waals surface area contributed by atoms with Gasteiger partial charge in [0.05, 0.1) is 12.2 Å². The lowest BCUT2D eigenvalue weighted by atomic mass is 10.1. The lowest BCUT2D eigenvalue weighted by Crippen LogP contribution is -2.33. The van der Waals surface area contributed by atoms with Crippen LogP contribution < -0.4 is 5.32 Å². The summed E-state index contributed by atoms with van der Waals surface area (Å²) in [6, 6.07) is 7.55. The predicted molar refractivity (Wildman–Crippen MR) is 79.3 cm³/mol. The van der Waals surface area contributed by atoms with E-state index in [2.05, 4.69) is 24.1 Å². The minimum atomic E-state index is -0.0629. The van der Waals surface area contributed by atoms with Gasteiger partial charge in [0.25, 0.3) is 5.91 Å². The van der Waals surface area contributed by atoms with Gasteiger partial charge in [0.1, 0.15) is 0 Å². The Bertz CT molecular complexity index is 523. The summed E-state index contributed by atoms with van der Waals surface area (Å²) in [6.07, 6.45) is 4.07. The smallest absolute Gasteiger partial charge is 0.252 e. The number of hydrogen-bond donors (Lipinski definition) is 2. The van der Waals surface area contributed by atoms with Crippen LogP contribution in [0.25, 0.3) is 0 Å². The average molecular weight is 271 g/mol. The highest BCUT2D eigenvalue weighted by Crippen LogP contribution is 2.33. The SMILES string of the molecule is CC(CC1CC1)NC(=O)c1ccccc1C#CCCO. The molecule has 0 bridgehead atoms. The zero-order valence-electron chi connectivity index (χ0n) is 11.9. The lowest BCUT2D eigenvalue weighted by Gasteiger charge is -2.14. The molecule has 1 saturated carbocycles. The summed E-state index contributed by atoms with van der Waals surface area (Å²) in [6.45, 7) is 2.09. The van der Waals surface area contributed by atoms with E-state index in [-0.39, 0.29) is 18.6 Å². The molecule has 2 rings (SSSR count). The number of benzene rings is 1. The molecule has 106 valence electrons. The van der Waals surface area contributed by atoms with Gasteiger partial charge in [-0.15, -0.1) is 0 Å². The van der Waals surface area contributed by atoms with E-state index in [1.807, 2.05) is 18.2 Å². The molecule has 1 unspecified atom stereocenters. The Morgan fingerprint density at radius 2 is 2.20 bits per heavy atom. The fourth-order valence-electron chi connectivity index (χ4n) is 2.22. The molecule has 3 heteroatoms. The Kier molecular flexibility index (Phi) is 5.20. The number of hydrogen-bond acceptors (Lipinski definition) is 2. The molecular weight excluding hydrogens is 250 g/mol. The van der Waals surface area contributed by atoms with Gasteiger partial charge in [-0.1, -0.05) is 36.8 Å². The standard InChI is InChI=1S/C17H21NO2/c1-13(12-14-9-10-14)18-17(20)16-8-3-2-6-15(16)7-4-5-11-19/h2-3,6,8,13-14,19H,5,9-12H2,1H3,(H,18,20). The Morgan fingerprint density at radius 1 is 1.45 bits per heavy atom. The normalized spacial score (nSPS) is 15.1. The van der Waals surface area contributed by atoms with Crippen LogP contribution in [0.1, 0.15) is 48.5 Å². The predicted octanol–water partition coefficient (Wildman–Crippen LogP) is 2.34. The van der Waals surface area contributed by atoms with Crippen molar-refractivity contribution in [3.8, 4) is 11.8 Å². The molecular formula is C17H21NO2. The quantitative estimate of drug-likeness (QED) is 0.808. The van der Waals surface area contributed by atoms with Gasteiger partial charge in [-0.2, -0.15) is 0 Å². The van der Waals surface area contributed by atoms with E-state index in [0.717, 1.165) is 17.9 Å². The maximum atomic E-state index is 12.3. The van der Waals surface area contributed by atoms with E-state index in [4.69, 9.17) is 5.11 Å². The van der Waals surface area contributed by atoms with E-state index < -0.39 is 0 Å². The lowest BCUT2D eigenvalue weighted by molar-refractivity contribution is 0.0937. The van der Waals surface area contributed by atoms with E-state index in [1.165, 1.54) is 12.8 Å². The van der Waals surface area contributed by atoms with Crippen LogP contribution in [0.3, 0.4) is 0 Å². The molecule has 0 saturated heterocycles. The molecule has 1 fully saturated rings. The molecule has 1 atom stereocenters. The van der Waals surface area contributed by atoms with Gasteiger partial charge in [-0.05, 0) is 31.4 Å². The second-order valence-corrected chi connectivity index (χ2v) is 5.37. The molecule has 0 heterocycles. The monoisotopic (exact) mass is 271 g/mol. The Labute approximate surface area is 120 Å². The first-order valence-electron chi connectivity index (χ1n) is 7.20. The van der Waals surface area contributed by atoms with Crippen molar-refractivity contribution in [3.63, 3.8) is 0 Å². The minimum absolute atomic E-state index is 0.0415. The highest BCUT2D eigenvalue weighted by Gasteiger charge is 2.24. The molecule has 3 nitrogen and oxygen atoms in total. The molecule has 1 aromatic rings. The van der Waals surface area contributed by atoms with E-state index in [0.29, 0.717) is 12.0 Å². The Hall–Kier alpha value is -1.79. The minimum Gasteiger partial charge on any atom is -0.395 e. The molecule has 1 aromatic carbocycles. The van der Waals surface area contributed by atoms with E-state index in [9.17, 15) is 4.79 Å². The van der Waals surface area contributed by atoms with Gasteiger partial charge in [0.2, 0.25) is 0 Å². The number of aliphatic hydroxyl groups is 1. The molecule has 1 amide bonds. The van der Waals surface area contributed by atoms with Crippen LogP contribution in [0.5, 0.6) is 0 Å². The molecule has 0 aliphatic heterocycles. The fraction of sp³-hybridized carbons (Fsp3) is 0.471. The first-order chi connectivity index (χ1) is 9.70. The second kappa shape index (κ2) is 7.12. The van der Waals surface area contributed by atoms with Crippen LogP contribution in [0, 0.1) is 17.8 Å². The second-order valence-electron chi connectivity index (χ2n) is 5.37. The van der Waals surface area contributed by atoms with Crippen LogP contribution in [0.2, 0.25) is 0 Å². The summed E-state index contributed by atoms with van der Waals surface area (Å²) in [5.41, 5.74) is 1.33. The number of amides is 1. The van der Waals surface area contributed by atoms with Crippen molar-refractivity contribution in [2.45, 2.75) is 38.6 Å². The summed E-state index contributed by atoms with van der Waals surface area (Å²) < 4.78 is 0. The third-order valence-electron chi connectivity index (χ3n) is 3.39.